The molecule has 214 valence electrons. The molecule has 3 aromatic rings. The molecule has 40 heavy (non-hydrogen) atoms. The quantitative estimate of drug-likeness (QED) is 0.300. The number of hydrogen-bond acceptors (Lipinski definition) is 9. The lowest BCUT2D eigenvalue weighted by molar-refractivity contribution is -0.144. The summed E-state index contributed by atoms with van der Waals surface area (Å²) < 4.78 is 11.0. The molecule has 10 heteroatoms. The monoisotopic (exact) mass is 566 g/mol. The highest BCUT2D eigenvalue weighted by molar-refractivity contribution is 7.15. The molecule has 2 aromatic heterocycles. The van der Waals surface area contributed by atoms with Gasteiger partial charge in [-0.3, -0.25) is 9.78 Å². The molecule has 5 unspecified atom stereocenters. The number of benzene rings is 1. The number of nitrogens with zero attached hydrogens (tertiary/aromatic N) is 2. The molecule has 0 spiro atoms. The fraction of sp³-hybridized carbons (Fsp3) is 0.500. The Morgan fingerprint density at radius 2 is 2.05 bits per heavy atom. The lowest BCUT2D eigenvalue weighted by Gasteiger charge is -2.58. The van der Waals surface area contributed by atoms with Gasteiger partial charge in [-0.2, -0.15) is 0 Å². The predicted octanol–water partition coefficient (Wildman–Crippen LogP) is 4.42. The van der Waals surface area contributed by atoms with Crippen molar-refractivity contribution in [3.05, 3.63) is 58.9 Å². The molecular weight excluding hydrogens is 528 g/mol. The largest absolute Gasteiger partial charge is 0.497 e. The number of methoxy groups -OCH3 is 2. The van der Waals surface area contributed by atoms with Crippen LogP contribution >= 0.6 is 11.3 Å². The van der Waals surface area contributed by atoms with Crippen LogP contribution in [0.25, 0.3) is 0 Å². The fourth-order valence-corrected chi connectivity index (χ4v) is 7.77. The number of aliphatic hydroxyl groups excluding tert-OH is 2. The van der Waals surface area contributed by atoms with Crippen LogP contribution < -0.4 is 20.1 Å². The zero-order valence-corrected chi connectivity index (χ0v) is 24.3. The van der Waals surface area contributed by atoms with E-state index in [1.165, 1.54) is 0 Å². The van der Waals surface area contributed by atoms with Crippen LogP contribution in [0.1, 0.15) is 55.2 Å². The number of carbonyl (C=O) groups excluding carboxylic acids is 1. The second kappa shape index (κ2) is 11.3. The van der Waals surface area contributed by atoms with Gasteiger partial charge < -0.3 is 30.3 Å². The zero-order valence-electron chi connectivity index (χ0n) is 23.4. The fourth-order valence-electron chi connectivity index (χ4n) is 6.69. The van der Waals surface area contributed by atoms with Gasteiger partial charge >= 0.3 is 0 Å². The molecule has 9 nitrogen and oxygen atoms in total. The van der Waals surface area contributed by atoms with E-state index in [0.717, 1.165) is 28.2 Å². The van der Waals surface area contributed by atoms with E-state index in [0.29, 0.717) is 36.0 Å². The molecule has 0 saturated heterocycles. The van der Waals surface area contributed by atoms with Crippen LogP contribution in [0.2, 0.25) is 0 Å². The molecule has 5 atom stereocenters. The van der Waals surface area contributed by atoms with Gasteiger partial charge in [-0.15, -0.1) is 11.3 Å². The summed E-state index contributed by atoms with van der Waals surface area (Å²) in [7, 11) is 3.24. The van der Waals surface area contributed by atoms with Crippen LogP contribution in [0.15, 0.2) is 42.7 Å². The van der Waals surface area contributed by atoms with Gasteiger partial charge in [-0.05, 0) is 54.4 Å². The molecule has 1 aromatic carbocycles. The third-order valence-corrected chi connectivity index (χ3v) is 10.2. The zero-order chi connectivity index (χ0) is 28.5. The van der Waals surface area contributed by atoms with Gasteiger partial charge in [0.2, 0.25) is 5.91 Å². The number of anilines is 2. The first-order valence-corrected chi connectivity index (χ1v) is 14.5. The van der Waals surface area contributed by atoms with E-state index in [9.17, 15) is 15.0 Å². The van der Waals surface area contributed by atoms with E-state index in [2.05, 4.69) is 22.5 Å². The minimum atomic E-state index is -0.678. The second-order valence-corrected chi connectivity index (χ2v) is 12.5. The molecule has 1 saturated carbocycles. The first-order valence-electron chi connectivity index (χ1n) is 13.6. The maximum Gasteiger partial charge on any atom is 0.220 e. The molecule has 0 radical (unpaired) electrons. The van der Waals surface area contributed by atoms with Crippen LogP contribution in [0.4, 0.5) is 10.8 Å². The highest BCUT2D eigenvalue weighted by atomic mass is 32.1. The van der Waals surface area contributed by atoms with Gasteiger partial charge in [-0.25, -0.2) is 4.98 Å². The van der Waals surface area contributed by atoms with Gasteiger partial charge in [-0.1, -0.05) is 19.9 Å². The average Bonchev–Trinajstić information content (AvgIpc) is 3.37. The summed E-state index contributed by atoms with van der Waals surface area (Å²) in [5, 5.41) is 28.7. The van der Waals surface area contributed by atoms with Crippen molar-refractivity contribution in [2.45, 2.75) is 58.1 Å². The summed E-state index contributed by atoms with van der Waals surface area (Å²) >= 11 is 1.55. The lowest BCUT2D eigenvalue weighted by Crippen LogP contribution is -2.57. The number of pyridine rings is 1. The number of rotatable bonds is 9. The van der Waals surface area contributed by atoms with Crippen molar-refractivity contribution < 1.29 is 24.5 Å². The number of amides is 1. The number of fused-ring (bicyclic) bond motifs is 2. The standard InChI is InChI=1S/C30H38N4O5S/c1-29-10-9-25(36)30(2,17-35)24(29)14-23-27(20(29)13-26(37)32-16-18-6-5-11-31-15-18)34-28(40-23)33-21-12-19(38-3)7-8-22(21)39-4/h5-8,11-12,15,20,24-25,35-36H,9-10,13-14,16-17H2,1-4H3,(H,32,37)(H,33,34). The van der Waals surface area contributed by atoms with Crippen LogP contribution in [0.5, 0.6) is 11.5 Å². The van der Waals surface area contributed by atoms with Crippen molar-refractivity contribution in [3.63, 3.8) is 0 Å². The van der Waals surface area contributed by atoms with Crippen molar-refractivity contribution in [3.8, 4) is 11.5 Å². The number of nitrogens with one attached hydrogen (secondary N) is 2. The summed E-state index contributed by atoms with van der Waals surface area (Å²) in [6.07, 6.45) is 5.12. The maximum atomic E-state index is 13.4. The van der Waals surface area contributed by atoms with Crippen molar-refractivity contribution in [2.24, 2.45) is 16.7 Å². The van der Waals surface area contributed by atoms with Crippen LogP contribution in [0.3, 0.4) is 0 Å². The minimum absolute atomic E-state index is 0.0166. The molecule has 1 fully saturated rings. The van der Waals surface area contributed by atoms with E-state index in [1.54, 1.807) is 38.0 Å². The number of thiazole rings is 1. The normalized spacial score (nSPS) is 27.3. The van der Waals surface area contributed by atoms with Gasteiger partial charge in [0, 0.05) is 47.6 Å². The Labute approximate surface area is 239 Å². The summed E-state index contributed by atoms with van der Waals surface area (Å²) in [5.41, 5.74) is 1.58. The number of ether oxygens (including phenoxy) is 2. The molecule has 2 aliphatic rings. The lowest BCUT2D eigenvalue weighted by atomic mass is 9.47. The second-order valence-electron chi connectivity index (χ2n) is 11.4. The highest BCUT2D eigenvalue weighted by Crippen LogP contribution is 2.63. The van der Waals surface area contributed by atoms with Crippen LogP contribution in [-0.2, 0) is 17.8 Å². The van der Waals surface area contributed by atoms with Crippen molar-refractivity contribution >= 4 is 28.1 Å². The highest BCUT2D eigenvalue weighted by Gasteiger charge is 2.59. The molecule has 5 rings (SSSR count). The van der Waals surface area contributed by atoms with Gasteiger partial charge in [0.1, 0.15) is 11.5 Å². The predicted molar refractivity (Wildman–Crippen MR) is 154 cm³/mol. The Balaban J connectivity index is 1.49. The Hall–Kier alpha value is -3.21. The average molecular weight is 567 g/mol. The Kier molecular flexibility index (Phi) is 8.03. The molecule has 2 heterocycles. The third kappa shape index (κ3) is 5.15. The first kappa shape index (κ1) is 28.3. The van der Waals surface area contributed by atoms with E-state index in [4.69, 9.17) is 14.5 Å². The van der Waals surface area contributed by atoms with Gasteiger partial charge in [0.25, 0.3) is 0 Å². The molecule has 0 aliphatic heterocycles. The topological polar surface area (TPSA) is 126 Å². The molecule has 0 bridgehead atoms. The smallest absolute Gasteiger partial charge is 0.220 e. The van der Waals surface area contributed by atoms with Crippen molar-refractivity contribution in [2.75, 3.05) is 26.1 Å². The molecule has 1 amide bonds. The van der Waals surface area contributed by atoms with Gasteiger partial charge in [0.15, 0.2) is 5.13 Å². The summed E-state index contributed by atoms with van der Waals surface area (Å²) in [5.74, 6) is 1.11. The van der Waals surface area contributed by atoms with Crippen LogP contribution in [0, 0.1) is 16.7 Å². The van der Waals surface area contributed by atoms with E-state index in [1.807, 2.05) is 37.3 Å². The van der Waals surface area contributed by atoms with Crippen molar-refractivity contribution in [1.82, 2.24) is 15.3 Å². The molecule has 2 aliphatic carbocycles. The Morgan fingerprint density at radius 1 is 1.23 bits per heavy atom. The molecular formula is C30H38N4O5S. The van der Waals surface area contributed by atoms with Crippen LogP contribution in [-0.4, -0.2) is 53.0 Å². The minimum Gasteiger partial charge on any atom is -0.497 e. The third-order valence-electron chi connectivity index (χ3n) is 9.14. The van der Waals surface area contributed by atoms with E-state index >= 15 is 0 Å². The van der Waals surface area contributed by atoms with E-state index < -0.39 is 11.5 Å². The Morgan fingerprint density at radius 3 is 2.75 bits per heavy atom. The van der Waals surface area contributed by atoms with E-state index in [-0.39, 0.29) is 36.2 Å². The summed E-state index contributed by atoms with van der Waals surface area (Å²) in [6, 6.07) is 9.33. The SMILES string of the molecule is COc1ccc(OC)c(Nc2nc3c(s2)CC2C(C)(CO)C(O)CCC2(C)C3CC(=O)NCc2cccnc2)c1. The van der Waals surface area contributed by atoms with Crippen molar-refractivity contribution in [1.29, 1.82) is 0 Å². The number of aliphatic hydroxyl groups is 2. The Bertz CT molecular complexity index is 1350. The number of aromatic nitrogens is 2. The first-order chi connectivity index (χ1) is 19.2. The molecule has 4 N–H and O–H groups in total. The number of hydrogen-bond donors (Lipinski definition) is 4. The number of carbonyl (C=O) groups is 1. The maximum absolute atomic E-state index is 13.4. The summed E-state index contributed by atoms with van der Waals surface area (Å²) in [4.78, 5) is 23.6. The summed E-state index contributed by atoms with van der Waals surface area (Å²) in [6.45, 7) is 4.47. The van der Waals surface area contributed by atoms with Gasteiger partial charge in [0.05, 0.1) is 38.3 Å².